The van der Waals surface area contributed by atoms with Gasteiger partial charge < -0.3 is 10.4 Å². The molecule has 1 aromatic rings. The average Bonchev–Trinajstić information content (AvgIpc) is 2.16. The van der Waals surface area contributed by atoms with E-state index in [-0.39, 0.29) is 0 Å². The van der Waals surface area contributed by atoms with E-state index in [1.54, 1.807) is 32.4 Å². The van der Waals surface area contributed by atoms with E-state index in [2.05, 4.69) is 15.3 Å². The Balaban J connectivity index is 2.53. The van der Waals surface area contributed by atoms with Crippen LogP contribution in [0, 0.1) is 5.41 Å². The van der Waals surface area contributed by atoms with Crippen molar-refractivity contribution in [1.29, 1.82) is 0 Å². The Kier molecular flexibility index (Phi) is 3.01. The predicted molar refractivity (Wildman–Crippen MR) is 51.9 cm³/mol. The van der Waals surface area contributed by atoms with Gasteiger partial charge in [-0.1, -0.05) is 0 Å². The molecular weight excluding hydrogens is 182 g/mol. The van der Waals surface area contributed by atoms with E-state index >= 15 is 0 Å². The summed E-state index contributed by atoms with van der Waals surface area (Å²) in [5, 5.41) is 11.8. The van der Waals surface area contributed by atoms with Crippen molar-refractivity contribution in [3.8, 4) is 0 Å². The lowest BCUT2D eigenvalue weighted by Gasteiger charge is -2.19. The lowest BCUT2D eigenvalue weighted by atomic mass is 9.94. The summed E-state index contributed by atoms with van der Waals surface area (Å²) < 4.78 is 0. The molecular formula is C9H13N3O2. The lowest BCUT2D eigenvalue weighted by molar-refractivity contribution is -0.146. The lowest BCUT2D eigenvalue weighted by Crippen LogP contribution is -2.31. The molecule has 2 N–H and O–H groups in total. The second-order valence-electron chi connectivity index (χ2n) is 3.63. The van der Waals surface area contributed by atoms with Gasteiger partial charge in [-0.2, -0.15) is 0 Å². The molecule has 76 valence electrons. The van der Waals surface area contributed by atoms with Gasteiger partial charge in [-0.05, 0) is 13.8 Å². The molecule has 1 heterocycles. The van der Waals surface area contributed by atoms with E-state index in [0.717, 1.165) is 0 Å². The molecule has 0 aliphatic rings. The highest BCUT2D eigenvalue weighted by molar-refractivity contribution is 5.74. The molecule has 0 unspecified atom stereocenters. The maximum atomic E-state index is 10.8. The molecule has 0 atom stereocenters. The third-order valence-electron chi connectivity index (χ3n) is 1.85. The number of carboxylic acid groups (broad SMARTS) is 1. The molecule has 5 nitrogen and oxygen atoms in total. The van der Waals surface area contributed by atoms with Gasteiger partial charge in [0.05, 0.1) is 11.6 Å². The first-order valence-corrected chi connectivity index (χ1v) is 4.26. The maximum absolute atomic E-state index is 10.8. The Morgan fingerprint density at radius 1 is 1.57 bits per heavy atom. The van der Waals surface area contributed by atoms with Crippen molar-refractivity contribution < 1.29 is 9.90 Å². The molecule has 0 aliphatic carbocycles. The van der Waals surface area contributed by atoms with Crippen LogP contribution < -0.4 is 5.32 Å². The summed E-state index contributed by atoms with van der Waals surface area (Å²) in [6, 6.07) is 0. The molecule has 0 fully saturated rings. The van der Waals surface area contributed by atoms with Crippen molar-refractivity contribution >= 4 is 11.8 Å². The fourth-order valence-electron chi connectivity index (χ4n) is 0.778. The molecule has 0 radical (unpaired) electrons. The molecule has 0 saturated carbocycles. The number of rotatable bonds is 4. The van der Waals surface area contributed by atoms with Gasteiger partial charge >= 0.3 is 5.97 Å². The van der Waals surface area contributed by atoms with E-state index in [4.69, 9.17) is 5.11 Å². The molecule has 5 heteroatoms. The minimum absolute atomic E-state index is 0.320. The van der Waals surface area contributed by atoms with Crippen LogP contribution in [0.5, 0.6) is 0 Å². The second kappa shape index (κ2) is 4.04. The Morgan fingerprint density at radius 2 is 2.29 bits per heavy atom. The highest BCUT2D eigenvalue weighted by Crippen LogP contribution is 2.15. The quantitative estimate of drug-likeness (QED) is 0.749. The molecule has 0 bridgehead atoms. The zero-order valence-corrected chi connectivity index (χ0v) is 8.19. The van der Waals surface area contributed by atoms with Crippen LogP contribution in [0.15, 0.2) is 18.6 Å². The number of carbonyl (C=O) groups is 1. The largest absolute Gasteiger partial charge is 0.481 e. The van der Waals surface area contributed by atoms with Crippen LogP contribution in [0.4, 0.5) is 5.82 Å². The Hall–Kier alpha value is -1.65. The van der Waals surface area contributed by atoms with Crippen molar-refractivity contribution in [2.75, 3.05) is 11.9 Å². The van der Waals surface area contributed by atoms with Crippen LogP contribution in [0.2, 0.25) is 0 Å². The number of aromatic nitrogens is 2. The van der Waals surface area contributed by atoms with E-state index in [0.29, 0.717) is 12.4 Å². The van der Waals surface area contributed by atoms with Gasteiger partial charge in [0.1, 0.15) is 5.82 Å². The molecule has 0 amide bonds. The van der Waals surface area contributed by atoms with Crippen LogP contribution in [0.1, 0.15) is 13.8 Å². The van der Waals surface area contributed by atoms with Crippen molar-refractivity contribution in [2.24, 2.45) is 5.41 Å². The summed E-state index contributed by atoms with van der Waals surface area (Å²) in [6.07, 6.45) is 4.67. The van der Waals surface area contributed by atoms with E-state index in [9.17, 15) is 4.79 Å². The van der Waals surface area contributed by atoms with E-state index in [1.165, 1.54) is 0 Å². The van der Waals surface area contributed by atoms with Gasteiger partial charge in [0.2, 0.25) is 0 Å². The number of hydrogen-bond donors (Lipinski definition) is 2. The standard InChI is InChI=1S/C9H13N3O2/c1-9(2,8(13)14)6-12-7-5-10-3-4-11-7/h3-5H,6H2,1-2H3,(H,11,12)(H,13,14). The van der Waals surface area contributed by atoms with Gasteiger partial charge in [0.15, 0.2) is 0 Å². The zero-order valence-electron chi connectivity index (χ0n) is 8.19. The smallest absolute Gasteiger partial charge is 0.310 e. The number of aliphatic carboxylic acids is 1. The topological polar surface area (TPSA) is 75.1 Å². The van der Waals surface area contributed by atoms with Crippen molar-refractivity contribution in [3.05, 3.63) is 18.6 Å². The number of nitrogens with one attached hydrogen (secondary N) is 1. The van der Waals surface area contributed by atoms with Gasteiger partial charge in [-0.25, -0.2) is 4.98 Å². The number of hydrogen-bond acceptors (Lipinski definition) is 4. The highest BCUT2D eigenvalue weighted by Gasteiger charge is 2.26. The zero-order chi connectivity index (χ0) is 10.6. The first-order valence-electron chi connectivity index (χ1n) is 4.26. The molecule has 0 saturated heterocycles. The van der Waals surface area contributed by atoms with Gasteiger partial charge in [-0.15, -0.1) is 0 Å². The van der Waals surface area contributed by atoms with E-state index in [1.807, 2.05) is 0 Å². The molecule has 1 aromatic heterocycles. The molecule has 0 spiro atoms. The number of carboxylic acids is 1. The summed E-state index contributed by atoms with van der Waals surface area (Å²) in [4.78, 5) is 18.6. The predicted octanol–water partition coefficient (Wildman–Crippen LogP) is 0.999. The van der Waals surface area contributed by atoms with E-state index < -0.39 is 11.4 Å². The third-order valence-corrected chi connectivity index (χ3v) is 1.85. The summed E-state index contributed by atoms with van der Waals surface area (Å²) in [5.41, 5.74) is -0.808. The number of nitrogens with zero attached hydrogens (tertiary/aromatic N) is 2. The Bertz CT molecular complexity index is 311. The fourth-order valence-corrected chi connectivity index (χ4v) is 0.778. The maximum Gasteiger partial charge on any atom is 0.310 e. The van der Waals surface area contributed by atoms with Crippen LogP contribution in [0.3, 0.4) is 0 Å². The van der Waals surface area contributed by atoms with Crippen molar-refractivity contribution in [3.63, 3.8) is 0 Å². The van der Waals surface area contributed by atoms with Crippen LogP contribution in [-0.2, 0) is 4.79 Å². The van der Waals surface area contributed by atoms with Crippen LogP contribution in [0.25, 0.3) is 0 Å². The minimum atomic E-state index is -0.839. The highest BCUT2D eigenvalue weighted by atomic mass is 16.4. The van der Waals surface area contributed by atoms with Crippen molar-refractivity contribution in [1.82, 2.24) is 9.97 Å². The minimum Gasteiger partial charge on any atom is -0.481 e. The summed E-state index contributed by atoms with van der Waals surface area (Å²) in [6.45, 7) is 3.62. The summed E-state index contributed by atoms with van der Waals surface area (Å²) >= 11 is 0. The summed E-state index contributed by atoms with van der Waals surface area (Å²) in [7, 11) is 0. The fraction of sp³-hybridized carbons (Fsp3) is 0.444. The second-order valence-corrected chi connectivity index (χ2v) is 3.63. The molecule has 0 aromatic carbocycles. The monoisotopic (exact) mass is 195 g/mol. The average molecular weight is 195 g/mol. The molecule has 1 rings (SSSR count). The first-order chi connectivity index (χ1) is 6.52. The molecule has 0 aliphatic heterocycles. The normalized spacial score (nSPS) is 11.0. The van der Waals surface area contributed by atoms with Gasteiger partial charge in [0, 0.05) is 18.9 Å². The van der Waals surface area contributed by atoms with Crippen molar-refractivity contribution in [2.45, 2.75) is 13.8 Å². The Morgan fingerprint density at radius 3 is 2.79 bits per heavy atom. The Labute approximate surface area is 82.2 Å². The van der Waals surface area contributed by atoms with Gasteiger partial charge in [-0.3, -0.25) is 9.78 Å². The summed E-state index contributed by atoms with van der Waals surface area (Å²) in [5.74, 6) is -0.254. The third kappa shape index (κ3) is 2.69. The molecule has 14 heavy (non-hydrogen) atoms. The van der Waals surface area contributed by atoms with Gasteiger partial charge in [0.25, 0.3) is 0 Å². The number of anilines is 1. The SMILES string of the molecule is CC(C)(CNc1cnccn1)C(=O)O. The van der Waals surface area contributed by atoms with Crippen LogP contribution in [-0.4, -0.2) is 27.6 Å². The van der Waals surface area contributed by atoms with Crippen LogP contribution >= 0.6 is 0 Å². The first kappa shape index (κ1) is 10.4.